The molecule has 0 aliphatic carbocycles. The fourth-order valence-electron chi connectivity index (χ4n) is 1.56. The number of hydrogen-bond acceptors (Lipinski definition) is 5. The van der Waals surface area contributed by atoms with Gasteiger partial charge in [0.05, 0.1) is 17.0 Å². The van der Waals surface area contributed by atoms with E-state index >= 15 is 0 Å². The van der Waals surface area contributed by atoms with Crippen LogP contribution in [0.5, 0.6) is 0 Å². The van der Waals surface area contributed by atoms with Crippen molar-refractivity contribution < 1.29 is 19.1 Å². The number of thiophene rings is 1. The van der Waals surface area contributed by atoms with Gasteiger partial charge in [0.1, 0.15) is 5.60 Å². The van der Waals surface area contributed by atoms with Gasteiger partial charge >= 0.3 is 12.1 Å². The summed E-state index contributed by atoms with van der Waals surface area (Å²) in [5, 5.41) is 3.30. The number of carbonyl (C=O) groups is 2. The van der Waals surface area contributed by atoms with Crippen molar-refractivity contribution in [2.24, 2.45) is 0 Å². The molecular formula is C15H23NO4S. The number of rotatable bonds is 4. The lowest BCUT2D eigenvalue weighted by atomic mass is 9.92. The van der Waals surface area contributed by atoms with E-state index < -0.39 is 17.1 Å². The first-order chi connectivity index (χ1) is 9.56. The molecule has 0 bridgehead atoms. The minimum atomic E-state index is -0.742. The van der Waals surface area contributed by atoms with E-state index in [9.17, 15) is 9.59 Å². The second-order valence-corrected chi connectivity index (χ2v) is 7.22. The Balaban J connectivity index is 2.77. The van der Waals surface area contributed by atoms with E-state index in [1.807, 2.05) is 6.07 Å². The highest BCUT2D eigenvalue weighted by molar-refractivity contribution is 7.16. The highest BCUT2D eigenvalue weighted by Gasteiger charge is 2.33. The van der Waals surface area contributed by atoms with Gasteiger partial charge < -0.3 is 9.47 Å². The van der Waals surface area contributed by atoms with E-state index in [-0.39, 0.29) is 5.97 Å². The van der Waals surface area contributed by atoms with Crippen LogP contribution in [0.2, 0.25) is 0 Å². The summed E-state index contributed by atoms with van der Waals surface area (Å²) in [6.07, 6.45) is -0.509. The number of esters is 1. The third kappa shape index (κ3) is 5.04. The maximum atomic E-state index is 12.0. The third-order valence-corrected chi connectivity index (χ3v) is 3.96. The smallest absolute Gasteiger partial charge is 0.412 e. The summed E-state index contributed by atoms with van der Waals surface area (Å²) in [5.41, 5.74) is -1.29. The third-order valence-electron chi connectivity index (χ3n) is 2.63. The Morgan fingerprint density at radius 1 is 1.19 bits per heavy atom. The molecule has 0 spiro atoms. The molecule has 118 valence electrons. The van der Waals surface area contributed by atoms with Crippen LogP contribution in [-0.4, -0.2) is 24.3 Å². The molecule has 1 rings (SSSR count). The summed E-state index contributed by atoms with van der Waals surface area (Å²) in [7, 11) is 0. The molecule has 0 atom stereocenters. The summed E-state index contributed by atoms with van der Waals surface area (Å²) in [6.45, 7) is 11.1. The average molecular weight is 313 g/mol. The lowest BCUT2D eigenvalue weighted by Crippen LogP contribution is -2.30. The Labute approximate surface area is 129 Å². The van der Waals surface area contributed by atoms with Crippen molar-refractivity contribution in [2.45, 2.75) is 52.6 Å². The molecule has 1 amide bonds. The normalized spacial score (nSPS) is 11.9. The van der Waals surface area contributed by atoms with Crippen molar-refractivity contribution in [1.29, 1.82) is 0 Å². The molecule has 1 heterocycles. The van der Waals surface area contributed by atoms with Crippen molar-refractivity contribution >= 4 is 28.4 Å². The van der Waals surface area contributed by atoms with Crippen molar-refractivity contribution in [1.82, 2.24) is 0 Å². The van der Waals surface area contributed by atoms with Crippen LogP contribution in [0.25, 0.3) is 0 Å². The lowest BCUT2D eigenvalue weighted by Gasteiger charge is -2.20. The van der Waals surface area contributed by atoms with Crippen LogP contribution in [0.1, 0.15) is 46.4 Å². The molecular weight excluding hydrogens is 290 g/mol. The second kappa shape index (κ2) is 6.47. The summed E-state index contributed by atoms with van der Waals surface area (Å²) in [5.74, 6) is -0.282. The van der Waals surface area contributed by atoms with Crippen LogP contribution in [0.15, 0.2) is 12.1 Å². The van der Waals surface area contributed by atoms with Crippen molar-refractivity contribution in [3.05, 3.63) is 17.0 Å². The van der Waals surface area contributed by atoms with Gasteiger partial charge in [0, 0.05) is 4.88 Å². The molecule has 0 aromatic carbocycles. The summed E-state index contributed by atoms with van der Waals surface area (Å²) in [6, 6.07) is 3.57. The monoisotopic (exact) mass is 313 g/mol. The van der Waals surface area contributed by atoms with Crippen LogP contribution in [0.4, 0.5) is 9.80 Å². The lowest BCUT2D eigenvalue weighted by molar-refractivity contribution is -0.148. The number of carbonyl (C=O) groups excluding carboxylic acids is 2. The summed E-state index contributed by atoms with van der Waals surface area (Å²) >= 11 is 1.34. The fourth-order valence-corrected chi connectivity index (χ4v) is 2.54. The molecule has 21 heavy (non-hydrogen) atoms. The molecule has 1 aromatic heterocycles. The Hall–Kier alpha value is -1.56. The molecule has 0 fully saturated rings. The predicted molar refractivity (Wildman–Crippen MR) is 83.8 cm³/mol. The predicted octanol–water partition coefficient (Wildman–Crippen LogP) is 3.94. The first-order valence-corrected chi connectivity index (χ1v) is 7.65. The molecule has 0 aliphatic heterocycles. The van der Waals surface area contributed by atoms with E-state index in [0.29, 0.717) is 11.6 Å². The SMILES string of the molecule is CCOC(=O)C(C)(C)c1ccc(NC(=O)OC(C)(C)C)s1. The van der Waals surface area contributed by atoms with Gasteiger partial charge in [-0.1, -0.05) is 0 Å². The first kappa shape index (κ1) is 17.5. The van der Waals surface area contributed by atoms with Crippen LogP contribution in [-0.2, 0) is 19.7 Å². The molecule has 1 aromatic rings. The van der Waals surface area contributed by atoms with E-state index in [2.05, 4.69) is 5.32 Å². The van der Waals surface area contributed by atoms with E-state index in [1.165, 1.54) is 11.3 Å². The molecule has 6 heteroatoms. The van der Waals surface area contributed by atoms with Gasteiger partial charge in [-0.25, -0.2) is 4.79 Å². The van der Waals surface area contributed by atoms with E-state index in [0.717, 1.165) is 4.88 Å². The van der Waals surface area contributed by atoms with E-state index in [1.54, 1.807) is 47.6 Å². The molecule has 0 saturated carbocycles. The maximum Gasteiger partial charge on any atom is 0.412 e. The zero-order valence-corrected chi connectivity index (χ0v) is 14.2. The van der Waals surface area contributed by atoms with Crippen molar-refractivity contribution in [3.63, 3.8) is 0 Å². The Kier molecular flexibility index (Phi) is 5.39. The summed E-state index contributed by atoms with van der Waals surface area (Å²) < 4.78 is 10.3. The van der Waals surface area contributed by atoms with Gasteiger partial charge in [-0.15, -0.1) is 11.3 Å². The van der Waals surface area contributed by atoms with Crippen LogP contribution < -0.4 is 5.32 Å². The first-order valence-electron chi connectivity index (χ1n) is 6.84. The number of ether oxygens (including phenoxy) is 2. The zero-order chi connectivity index (χ0) is 16.3. The topological polar surface area (TPSA) is 64.6 Å². The zero-order valence-electron chi connectivity index (χ0n) is 13.4. The minimum absolute atomic E-state index is 0.282. The van der Waals surface area contributed by atoms with Gasteiger partial charge in [-0.2, -0.15) is 0 Å². The molecule has 0 radical (unpaired) electrons. The Morgan fingerprint density at radius 2 is 1.81 bits per heavy atom. The Bertz CT molecular complexity index is 514. The van der Waals surface area contributed by atoms with Crippen LogP contribution in [0, 0.1) is 0 Å². The van der Waals surface area contributed by atoms with Gasteiger partial charge in [-0.3, -0.25) is 10.1 Å². The number of amides is 1. The van der Waals surface area contributed by atoms with E-state index in [4.69, 9.17) is 9.47 Å². The quantitative estimate of drug-likeness (QED) is 0.855. The largest absolute Gasteiger partial charge is 0.465 e. The van der Waals surface area contributed by atoms with Gasteiger partial charge in [-0.05, 0) is 53.7 Å². The van der Waals surface area contributed by atoms with Gasteiger partial charge in [0.15, 0.2) is 0 Å². The molecule has 5 nitrogen and oxygen atoms in total. The highest BCUT2D eigenvalue weighted by Crippen LogP contribution is 2.34. The molecule has 0 aliphatic rings. The second-order valence-electron chi connectivity index (χ2n) is 6.14. The van der Waals surface area contributed by atoms with Crippen LogP contribution in [0.3, 0.4) is 0 Å². The van der Waals surface area contributed by atoms with Crippen molar-refractivity contribution in [3.8, 4) is 0 Å². The number of anilines is 1. The number of hydrogen-bond donors (Lipinski definition) is 1. The standard InChI is InChI=1S/C15H23NO4S/c1-7-19-12(17)15(5,6)10-8-9-11(21-10)16-13(18)20-14(2,3)4/h8-9H,7H2,1-6H3,(H,16,18). The summed E-state index contributed by atoms with van der Waals surface area (Å²) in [4.78, 5) is 24.5. The molecule has 0 saturated heterocycles. The van der Waals surface area contributed by atoms with Crippen molar-refractivity contribution in [2.75, 3.05) is 11.9 Å². The molecule has 1 N–H and O–H groups in total. The highest BCUT2D eigenvalue weighted by atomic mass is 32.1. The average Bonchev–Trinajstić information content (AvgIpc) is 2.75. The maximum absolute atomic E-state index is 12.0. The van der Waals surface area contributed by atoms with Gasteiger partial charge in [0.2, 0.25) is 0 Å². The molecule has 0 unspecified atom stereocenters. The fraction of sp³-hybridized carbons (Fsp3) is 0.600. The number of nitrogens with one attached hydrogen (secondary N) is 1. The van der Waals surface area contributed by atoms with Gasteiger partial charge in [0.25, 0.3) is 0 Å². The Morgan fingerprint density at radius 3 is 2.33 bits per heavy atom. The minimum Gasteiger partial charge on any atom is -0.465 e. The van der Waals surface area contributed by atoms with Crippen LogP contribution >= 0.6 is 11.3 Å².